The van der Waals surface area contributed by atoms with Gasteiger partial charge in [0.05, 0.1) is 42.0 Å². The van der Waals surface area contributed by atoms with Crippen molar-refractivity contribution in [1.29, 1.82) is 0 Å². The summed E-state index contributed by atoms with van der Waals surface area (Å²) >= 11 is 0. The van der Waals surface area contributed by atoms with Crippen molar-refractivity contribution in [2.75, 3.05) is 20.2 Å². The Balaban J connectivity index is 2.02. The van der Waals surface area contributed by atoms with Crippen molar-refractivity contribution in [2.24, 2.45) is 11.6 Å². The lowest BCUT2D eigenvalue weighted by molar-refractivity contribution is -0.00504. The van der Waals surface area contributed by atoms with Crippen molar-refractivity contribution in [3.05, 3.63) is 29.2 Å². The number of nitrogens with one attached hydrogen (secondary N) is 1. The predicted octanol–water partition coefficient (Wildman–Crippen LogP) is 3.31. The van der Waals surface area contributed by atoms with Gasteiger partial charge in [0.15, 0.2) is 0 Å². The molecule has 5 N–H and O–H groups in total. The predicted molar refractivity (Wildman–Crippen MR) is 114 cm³/mol. The van der Waals surface area contributed by atoms with Crippen LogP contribution in [0.25, 0.3) is 5.70 Å². The molecule has 8 nitrogen and oxygen atoms in total. The first kappa shape index (κ1) is 24.6. The summed E-state index contributed by atoms with van der Waals surface area (Å²) in [5.41, 5.74) is 8.11. The number of aromatic nitrogens is 1. The first-order valence-electron chi connectivity index (χ1n) is 10.5. The molecule has 0 atom stereocenters. The number of hydrazine groups is 1. The fourth-order valence-electron chi connectivity index (χ4n) is 3.27. The summed E-state index contributed by atoms with van der Waals surface area (Å²) in [4.78, 5) is 16.3. The lowest BCUT2D eigenvalue weighted by atomic mass is 9.98. The van der Waals surface area contributed by atoms with Gasteiger partial charge in [-0.3, -0.25) is 0 Å². The summed E-state index contributed by atoms with van der Waals surface area (Å²) in [6.07, 6.45) is 4.51. The molecule has 2 rings (SSSR count). The van der Waals surface area contributed by atoms with Gasteiger partial charge in [-0.1, -0.05) is 6.42 Å². The highest BCUT2D eigenvalue weighted by Gasteiger charge is 2.22. The number of rotatable bonds is 9. The number of carbonyl (C=O) groups excluding carboxylic acids is 1. The summed E-state index contributed by atoms with van der Waals surface area (Å²) in [6.45, 7) is 2.16. The average Bonchev–Trinajstić information content (AvgIpc) is 2.69. The average molecular weight is 442 g/mol. The Morgan fingerprint density at radius 1 is 1.32 bits per heavy atom. The summed E-state index contributed by atoms with van der Waals surface area (Å²) in [5, 5.41) is 3.73. The van der Waals surface area contributed by atoms with E-state index in [1.54, 1.807) is 13.1 Å². The molecule has 10 heteroatoms. The second-order valence-electron chi connectivity index (χ2n) is 7.94. The molecule has 1 aliphatic rings. The summed E-state index contributed by atoms with van der Waals surface area (Å²) in [5.74, 6) is 3.69. The maximum atomic E-state index is 12.8. The van der Waals surface area contributed by atoms with Crippen LogP contribution < -0.4 is 21.6 Å². The summed E-state index contributed by atoms with van der Waals surface area (Å²) < 4.78 is 36.5. The number of likely N-dealkylation sites (N-methyl/N-ethyl adjacent to an activating group) is 1. The van der Waals surface area contributed by atoms with Gasteiger partial charge in [0.1, 0.15) is 5.75 Å². The molecule has 1 aliphatic carbocycles. The molecule has 0 bridgehead atoms. The van der Waals surface area contributed by atoms with Gasteiger partial charge in [0.2, 0.25) is 5.92 Å². The van der Waals surface area contributed by atoms with Crippen molar-refractivity contribution >= 4 is 11.8 Å². The SMILES string of the molecule is Cc1nc(/C(N)=C(\CNC(=O)OCCC(C)(F)F)N(C)N)ccc1OC1CCCCC1. The molecule has 0 saturated heterocycles. The van der Waals surface area contributed by atoms with Gasteiger partial charge < -0.3 is 25.5 Å². The number of ether oxygens (including phenoxy) is 2. The highest BCUT2D eigenvalue weighted by atomic mass is 19.3. The number of alkyl carbamates (subject to hydrolysis) is 1. The number of carbonyl (C=O) groups is 1. The van der Waals surface area contributed by atoms with Crippen LogP contribution in [0.3, 0.4) is 0 Å². The molecular formula is C21H33F2N5O3. The van der Waals surface area contributed by atoms with E-state index < -0.39 is 25.0 Å². The van der Waals surface area contributed by atoms with Crippen LogP contribution >= 0.6 is 0 Å². The maximum Gasteiger partial charge on any atom is 0.407 e. The van der Waals surface area contributed by atoms with Crippen LogP contribution in [-0.4, -0.2) is 48.3 Å². The Kier molecular flexibility index (Phi) is 8.85. The number of pyridine rings is 1. The van der Waals surface area contributed by atoms with Crippen molar-refractivity contribution in [1.82, 2.24) is 15.3 Å². The molecule has 0 radical (unpaired) electrons. The minimum absolute atomic E-state index is 0.0543. The quantitative estimate of drug-likeness (QED) is 0.398. The topological polar surface area (TPSA) is 116 Å². The number of alkyl halides is 2. The third-order valence-electron chi connectivity index (χ3n) is 5.07. The molecule has 1 aromatic rings. The summed E-state index contributed by atoms with van der Waals surface area (Å²) in [7, 11) is 1.57. The van der Waals surface area contributed by atoms with Crippen molar-refractivity contribution in [3.63, 3.8) is 0 Å². The Morgan fingerprint density at radius 3 is 2.58 bits per heavy atom. The Hall–Kier alpha value is -2.62. The van der Waals surface area contributed by atoms with E-state index in [0.717, 1.165) is 25.5 Å². The number of hydrogen-bond acceptors (Lipinski definition) is 7. The minimum Gasteiger partial charge on any atom is -0.489 e. The van der Waals surface area contributed by atoms with Crippen molar-refractivity contribution in [3.8, 4) is 5.75 Å². The van der Waals surface area contributed by atoms with E-state index in [2.05, 4.69) is 10.3 Å². The zero-order valence-corrected chi connectivity index (χ0v) is 18.4. The van der Waals surface area contributed by atoms with Gasteiger partial charge in [0, 0.05) is 13.5 Å². The van der Waals surface area contributed by atoms with E-state index in [1.165, 1.54) is 24.3 Å². The van der Waals surface area contributed by atoms with Crippen LogP contribution in [0.5, 0.6) is 5.75 Å². The molecule has 0 spiro atoms. The molecule has 1 heterocycles. The van der Waals surface area contributed by atoms with Crippen LogP contribution in [0.1, 0.15) is 56.8 Å². The molecule has 1 amide bonds. The molecular weight excluding hydrogens is 408 g/mol. The van der Waals surface area contributed by atoms with Crippen molar-refractivity contribution in [2.45, 2.75) is 64.4 Å². The molecule has 0 aliphatic heterocycles. The molecule has 0 unspecified atom stereocenters. The lowest BCUT2D eigenvalue weighted by Crippen LogP contribution is -2.37. The number of nitrogens with zero attached hydrogens (tertiary/aromatic N) is 2. The largest absolute Gasteiger partial charge is 0.489 e. The number of halogens is 2. The normalized spacial score (nSPS) is 15.8. The third kappa shape index (κ3) is 8.20. The van der Waals surface area contributed by atoms with Crippen molar-refractivity contribution < 1.29 is 23.0 Å². The van der Waals surface area contributed by atoms with E-state index >= 15 is 0 Å². The van der Waals surface area contributed by atoms with Crippen LogP contribution in [-0.2, 0) is 4.74 Å². The van der Waals surface area contributed by atoms with Gasteiger partial charge in [-0.05, 0) is 51.7 Å². The standard InChI is InChI=1S/C21H33F2N5O3/c1-14-18(31-15-7-5-4-6-8-15)10-9-16(27-14)19(24)17(28(3)25)13-26-20(29)30-12-11-21(2,22)23/h9-10,15H,4-8,11-13,24-25H2,1-3H3,(H,26,29)/b19-17-. The first-order valence-corrected chi connectivity index (χ1v) is 10.5. The smallest absolute Gasteiger partial charge is 0.407 e. The Bertz CT molecular complexity index is 775. The van der Waals surface area contributed by atoms with E-state index in [1.807, 2.05) is 13.0 Å². The second-order valence-corrected chi connectivity index (χ2v) is 7.94. The third-order valence-corrected chi connectivity index (χ3v) is 5.07. The van der Waals surface area contributed by atoms with Gasteiger partial charge in [0.25, 0.3) is 0 Å². The zero-order valence-electron chi connectivity index (χ0n) is 18.4. The number of amides is 1. The molecule has 1 fully saturated rings. The highest BCUT2D eigenvalue weighted by Crippen LogP contribution is 2.26. The Morgan fingerprint density at radius 2 is 2.00 bits per heavy atom. The molecule has 174 valence electrons. The van der Waals surface area contributed by atoms with Gasteiger partial charge in [-0.2, -0.15) is 0 Å². The Labute approximate surface area is 181 Å². The van der Waals surface area contributed by atoms with Gasteiger partial charge in [-0.15, -0.1) is 0 Å². The van der Waals surface area contributed by atoms with Crippen LogP contribution in [0.4, 0.5) is 13.6 Å². The fraction of sp³-hybridized carbons (Fsp3) is 0.619. The van der Waals surface area contributed by atoms with E-state index in [-0.39, 0.29) is 18.3 Å². The monoisotopic (exact) mass is 441 g/mol. The summed E-state index contributed by atoms with van der Waals surface area (Å²) in [6, 6.07) is 3.57. The number of hydrogen-bond donors (Lipinski definition) is 3. The number of nitrogens with two attached hydrogens (primary N) is 2. The molecule has 1 aromatic heterocycles. The molecule has 31 heavy (non-hydrogen) atoms. The molecule has 1 saturated carbocycles. The molecule has 0 aromatic carbocycles. The zero-order chi connectivity index (χ0) is 23.0. The second kappa shape index (κ2) is 11.1. The van der Waals surface area contributed by atoms with E-state index in [9.17, 15) is 13.6 Å². The lowest BCUT2D eigenvalue weighted by Gasteiger charge is -2.24. The minimum atomic E-state index is -2.90. The fourth-order valence-corrected chi connectivity index (χ4v) is 3.27. The number of aryl methyl sites for hydroxylation is 1. The maximum absolute atomic E-state index is 12.8. The first-order chi connectivity index (χ1) is 14.6. The van der Waals surface area contributed by atoms with E-state index in [0.29, 0.717) is 17.1 Å². The van der Waals surface area contributed by atoms with Crippen LogP contribution in [0, 0.1) is 6.92 Å². The highest BCUT2D eigenvalue weighted by molar-refractivity contribution is 5.69. The van der Waals surface area contributed by atoms with Gasteiger partial charge in [-0.25, -0.2) is 24.4 Å². The van der Waals surface area contributed by atoms with Crippen LogP contribution in [0.15, 0.2) is 17.8 Å². The van der Waals surface area contributed by atoms with Gasteiger partial charge >= 0.3 is 6.09 Å². The van der Waals surface area contributed by atoms with Crippen LogP contribution in [0.2, 0.25) is 0 Å². The van der Waals surface area contributed by atoms with E-state index in [4.69, 9.17) is 21.1 Å².